The largest absolute Gasteiger partial charge is 0.338 e. The fraction of sp³-hybridized carbons (Fsp3) is 0.385. The van der Waals surface area contributed by atoms with Crippen LogP contribution >= 0.6 is 18.7 Å². The van der Waals surface area contributed by atoms with Crippen molar-refractivity contribution in [3.8, 4) is 0 Å². The van der Waals surface area contributed by atoms with Crippen molar-refractivity contribution in [1.29, 1.82) is 0 Å². The zero-order chi connectivity index (χ0) is 23.0. The number of halogens is 1. The highest BCUT2D eigenvalue weighted by atomic mass is 35.5. The summed E-state index contributed by atoms with van der Waals surface area (Å²) in [7, 11) is -2.49. The van der Waals surface area contributed by atoms with Crippen LogP contribution in [0, 0.1) is 0 Å². The van der Waals surface area contributed by atoms with Gasteiger partial charge < -0.3 is 15.2 Å². The fourth-order valence-electron chi connectivity index (χ4n) is 4.53. The Morgan fingerprint density at radius 1 is 0.970 bits per heavy atom. The first kappa shape index (κ1) is 22.4. The molecule has 0 radical (unpaired) electrons. The molecule has 7 heteroatoms. The number of benzene rings is 2. The third-order valence-electron chi connectivity index (χ3n) is 6.50. The van der Waals surface area contributed by atoms with Gasteiger partial charge in [0.1, 0.15) is 12.2 Å². The van der Waals surface area contributed by atoms with Gasteiger partial charge in [0.15, 0.2) is 5.82 Å². The van der Waals surface area contributed by atoms with E-state index in [9.17, 15) is 4.57 Å². The molecule has 5 nitrogen and oxygen atoms in total. The van der Waals surface area contributed by atoms with E-state index in [1.165, 1.54) is 48.8 Å². The number of aryl methyl sites for hydroxylation is 2. The van der Waals surface area contributed by atoms with Crippen LogP contribution in [0.2, 0.25) is 5.02 Å². The monoisotopic (exact) mass is 480 g/mol. The molecule has 3 aromatic rings. The second-order valence-electron chi connectivity index (χ2n) is 9.59. The molecule has 1 aromatic heterocycles. The second-order valence-corrected chi connectivity index (χ2v) is 13.2. The van der Waals surface area contributed by atoms with E-state index in [-0.39, 0.29) is 0 Å². The van der Waals surface area contributed by atoms with Crippen molar-refractivity contribution in [1.82, 2.24) is 9.97 Å². The number of rotatable bonds is 6. The summed E-state index contributed by atoms with van der Waals surface area (Å²) in [5.74, 6) is 1.57. The van der Waals surface area contributed by atoms with Crippen molar-refractivity contribution in [3.05, 3.63) is 64.3 Å². The first-order chi connectivity index (χ1) is 15.9. The minimum absolute atomic E-state index is 0.418. The van der Waals surface area contributed by atoms with E-state index >= 15 is 0 Å². The van der Waals surface area contributed by atoms with E-state index < -0.39 is 7.14 Å². The number of hydrogen-bond acceptors (Lipinski definition) is 5. The third-order valence-corrected chi connectivity index (χ3v) is 8.31. The summed E-state index contributed by atoms with van der Waals surface area (Å²) >= 11 is 6.44. The van der Waals surface area contributed by atoms with Crippen molar-refractivity contribution in [3.63, 3.8) is 0 Å². The van der Waals surface area contributed by atoms with Gasteiger partial charge in [0.25, 0.3) is 0 Å². The molecule has 33 heavy (non-hydrogen) atoms. The third kappa shape index (κ3) is 5.26. The van der Waals surface area contributed by atoms with Gasteiger partial charge in [-0.2, -0.15) is 4.98 Å². The molecule has 2 aromatic carbocycles. The molecule has 0 spiro atoms. The lowest BCUT2D eigenvalue weighted by atomic mass is 10.0. The quantitative estimate of drug-likeness (QED) is 0.293. The van der Waals surface area contributed by atoms with Crippen molar-refractivity contribution < 1.29 is 4.57 Å². The molecule has 172 valence electrons. The van der Waals surface area contributed by atoms with E-state index in [1.807, 2.05) is 6.07 Å². The first-order valence-corrected chi connectivity index (χ1v) is 14.7. The summed E-state index contributed by atoms with van der Waals surface area (Å²) in [6.07, 6.45) is 10.1. The van der Waals surface area contributed by atoms with Crippen LogP contribution in [-0.4, -0.2) is 23.3 Å². The summed E-state index contributed by atoms with van der Waals surface area (Å²) in [6, 6.07) is 12.7. The Balaban J connectivity index is 1.41. The molecule has 1 saturated carbocycles. The summed E-state index contributed by atoms with van der Waals surface area (Å²) < 4.78 is 13.0. The van der Waals surface area contributed by atoms with Crippen molar-refractivity contribution in [2.24, 2.45) is 0 Å². The molecule has 0 saturated heterocycles. The number of aromatic nitrogens is 2. The number of nitrogens with zero attached hydrogens (tertiary/aromatic N) is 2. The van der Waals surface area contributed by atoms with E-state index in [1.54, 1.807) is 19.5 Å². The minimum Gasteiger partial charge on any atom is -0.338 e. The fourth-order valence-corrected chi connectivity index (χ4v) is 5.84. The van der Waals surface area contributed by atoms with Crippen LogP contribution in [0.25, 0.3) is 0 Å². The summed E-state index contributed by atoms with van der Waals surface area (Å²) in [6.45, 7) is 3.61. The molecule has 2 N–H and O–H groups in total. The Morgan fingerprint density at radius 2 is 1.76 bits per heavy atom. The molecular formula is C26H30ClN4OP. The van der Waals surface area contributed by atoms with Gasteiger partial charge in [-0.3, -0.25) is 0 Å². The van der Waals surface area contributed by atoms with Gasteiger partial charge in [0, 0.05) is 11.0 Å². The Morgan fingerprint density at radius 3 is 2.52 bits per heavy atom. The molecule has 0 atom stereocenters. The lowest BCUT2D eigenvalue weighted by molar-refractivity contribution is 0.588. The van der Waals surface area contributed by atoms with Crippen molar-refractivity contribution in [2.45, 2.75) is 50.9 Å². The van der Waals surface area contributed by atoms with E-state index in [4.69, 9.17) is 11.6 Å². The van der Waals surface area contributed by atoms with Gasteiger partial charge in [0.05, 0.1) is 11.9 Å². The lowest BCUT2D eigenvalue weighted by Gasteiger charge is -2.17. The van der Waals surface area contributed by atoms with Crippen molar-refractivity contribution >= 4 is 47.2 Å². The highest BCUT2D eigenvalue weighted by Crippen LogP contribution is 2.44. The average Bonchev–Trinajstić information content (AvgIpc) is 3.63. The molecule has 2 aliphatic rings. The van der Waals surface area contributed by atoms with Crippen LogP contribution in [0.4, 0.5) is 23.1 Å². The van der Waals surface area contributed by atoms with Crippen molar-refractivity contribution in [2.75, 3.05) is 24.0 Å². The maximum Gasteiger partial charge on any atom is 0.229 e. The Bertz CT molecular complexity index is 1230. The number of hydrogen-bond donors (Lipinski definition) is 2. The summed E-state index contributed by atoms with van der Waals surface area (Å²) in [5, 5.41) is 7.91. The summed E-state index contributed by atoms with van der Waals surface area (Å²) in [4.78, 5) is 9.01. The van der Waals surface area contributed by atoms with Gasteiger partial charge in [-0.1, -0.05) is 30.2 Å². The predicted molar refractivity (Wildman–Crippen MR) is 139 cm³/mol. The highest BCUT2D eigenvalue weighted by molar-refractivity contribution is 7.70. The van der Waals surface area contributed by atoms with Crippen LogP contribution in [0.1, 0.15) is 54.7 Å². The van der Waals surface area contributed by atoms with Crippen LogP contribution < -0.4 is 15.9 Å². The minimum atomic E-state index is -2.49. The Hall–Kier alpha value is -2.36. The predicted octanol–water partition coefficient (Wildman–Crippen LogP) is 7.01. The number of nitrogens with one attached hydrogen (secondary N) is 2. The highest BCUT2D eigenvalue weighted by Gasteiger charge is 2.26. The molecule has 0 aliphatic heterocycles. The average molecular weight is 481 g/mol. The molecule has 0 bridgehead atoms. The molecule has 2 aliphatic carbocycles. The molecular weight excluding hydrogens is 451 g/mol. The zero-order valence-corrected chi connectivity index (χ0v) is 20.8. The smallest absolute Gasteiger partial charge is 0.229 e. The van der Waals surface area contributed by atoms with Crippen LogP contribution in [-0.2, 0) is 17.4 Å². The van der Waals surface area contributed by atoms with E-state index in [0.29, 0.717) is 22.7 Å². The lowest BCUT2D eigenvalue weighted by Crippen LogP contribution is -2.12. The van der Waals surface area contributed by atoms with Gasteiger partial charge in [-0.15, -0.1) is 0 Å². The molecule has 1 heterocycles. The van der Waals surface area contributed by atoms with Gasteiger partial charge in [-0.05, 0) is 98.7 Å². The Kier molecular flexibility index (Phi) is 6.20. The SMILES string of the molecule is CP(C)(=O)c1cc(C2CC2)ccc1Nc1nc(Nc2ccc3c(c2)CCCCC3)ncc1Cl. The van der Waals surface area contributed by atoms with Crippen LogP contribution in [0.15, 0.2) is 42.6 Å². The standard InChI is InChI=1S/C26H30ClN4OP/c1-33(2,32)24-15-20(18-8-9-18)11-13-23(24)30-25-22(27)16-28-26(31-25)29-21-12-10-17-6-4-3-5-7-19(17)14-21/h10-16,18H,3-9H2,1-2H3,(H2,28,29,30,31). The van der Waals surface area contributed by atoms with Gasteiger partial charge >= 0.3 is 0 Å². The maximum atomic E-state index is 13.0. The molecule has 5 rings (SSSR count). The number of fused-ring (bicyclic) bond motifs is 1. The van der Waals surface area contributed by atoms with E-state index in [2.05, 4.69) is 50.9 Å². The van der Waals surface area contributed by atoms with Gasteiger partial charge in [-0.25, -0.2) is 4.98 Å². The molecule has 0 amide bonds. The normalized spacial score (nSPS) is 16.1. The van der Waals surface area contributed by atoms with E-state index in [0.717, 1.165) is 29.5 Å². The molecule has 1 fully saturated rings. The second kappa shape index (κ2) is 9.12. The first-order valence-electron chi connectivity index (χ1n) is 11.7. The zero-order valence-electron chi connectivity index (χ0n) is 19.2. The topological polar surface area (TPSA) is 66.9 Å². The van der Waals surface area contributed by atoms with Crippen LogP contribution in [0.5, 0.6) is 0 Å². The number of anilines is 4. The summed E-state index contributed by atoms with van der Waals surface area (Å²) in [5.41, 5.74) is 5.88. The maximum absolute atomic E-state index is 13.0. The Labute approximate surface area is 200 Å². The van der Waals surface area contributed by atoms with Gasteiger partial charge in [0.2, 0.25) is 5.95 Å². The molecule has 0 unspecified atom stereocenters. The van der Waals surface area contributed by atoms with Crippen LogP contribution in [0.3, 0.4) is 0 Å².